The number of pyridine rings is 2. The lowest BCUT2D eigenvalue weighted by Crippen LogP contribution is -2.05. The number of nitrogens with zero attached hydrogens (tertiary/aromatic N) is 2. The molecule has 0 bridgehead atoms. The average Bonchev–Trinajstić information content (AvgIpc) is 2.30. The molecule has 2 aromatic heterocycles. The molecule has 4 nitrogen and oxygen atoms in total. The van der Waals surface area contributed by atoms with Crippen LogP contribution < -0.4 is 10.5 Å². The van der Waals surface area contributed by atoms with Gasteiger partial charge in [0, 0.05) is 24.0 Å². The van der Waals surface area contributed by atoms with Gasteiger partial charge in [-0.1, -0.05) is 0 Å². The molecular weight excluding hydrogens is 214 g/mol. The van der Waals surface area contributed by atoms with Crippen LogP contribution in [0, 0.1) is 13.8 Å². The molecule has 0 aromatic carbocycles. The molecule has 0 amide bonds. The van der Waals surface area contributed by atoms with Gasteiger partial charge in [-0.15, -0.1) is 0 Å². The Labute approximate surface area is 100 Å². The molecule has 0 atom stereocenters. The maximum Gasteiger partial charge on any atom is 0.224 e. The maximum absolute atomic E-state index is 5.72. The van der Waals surface area contributed by atoms with Gasteiger partial charge in [0.1, 0.15) is 5.75 Å². The number of nitrogens with two attached hydrogens (primary N) is 1. The van der Waals surface area contributed by atoms with Gasteiger partial charge in [0.15, 0.2) is 0 Å². The first-order valence-corrected chi connectivity index (χ1v) is 5.46. The van der Waals surface area contributed by atoms with Crippen molar-refractivity contribution < 1.29 is 4.74 Å². The van der Waals surface area contributed by atoms with Gasteiger partial charge in [-0.2, -0.15) is 0 Å². The molecule has 0 aliphatic heterocycles. The van der Waals surface area contributed by atoms with Crippen molar-refractivity contribution in [3.05, 3.63) is 47.4 Å². The largest absolute Gasteiger partial charge is 0.437 e. The molecule has 2 rings (SSSR count). The van der Waals surface area contributed by atoms with E-state index in [1.807, 2.05) is 32.0 Å². The van der Waals surface area contributed by atoms with Crippen molar-refractivity contribution >= 4 is 0 Å². The SMILES string of the molecule is Cc1cc(C)c(CN)c(Oc2cccnc2)n1. The molecule has 0 radical (unpaired) electrons. The van der Waals surface area contributed by atoms with E-state index in [4.69, 9.17) is 10.5 Å². The second kappa shape index (κ2) is 4.93. The van der Waals surface area contributed by atoms with Crippen LogP contribution >= 0.6 is 0 Å². The van der Waals surface area contributed by atoms with Crippen LogP contribution in [0.5, 0.6) is 11.6 Å². The van der Waals surface area contributed by atoms with Crippen molar-refractivity contribution in [1.29, 1.82) is 0 Å². The lowest BCUT2D eigenvalue weighted by molar-refractivity contribution is 0.452. The molecule has 0 saturated carbocycles. The van der Waals surface area contributed by atoms with Crippen molar-refractivity contribution in [2.75, 3.05) is 0 Å². The molecule has 2 heterocycles. The van der Waals surface area contributed by atoms with Crippen LogP contribution in [0.25, 0.3) is 0 Å². The summed E-state index contributed by atoms with van der Waals surface area (Å²) in [6.45, 7) is 4.35. The summed E-state index contributed by atoms with van der Waals surface area (Å²) < 4.78 is 5.71. The van der Waals surface area contributed by atoms with E-state index in [9.17, 15) is 0 Å². The number of hydrogen-bond acceptors (Lipinski definition) is 4. The molecule has 17 heavy (non-hydrogen) atoms. The monoisotopic (exact) mass is 229 g/mol. The number of aromatic nitrogens is 2. The first kappa shape index (κ1) is 11.5. The Bertz CT molecular complexity index is 512. The highest BCUT2D eigenvalue weighted by molar-refractivity contribution is 5.38. The van der Waals surface area contributed by atoms with E-state index in [0.29, 0.717) is 18.2 Å². The van der Waals surface area contributed by atoms with E-state index in [1.54, 1.807) is 12.4 Å². The quantitative estimate of drug-likeness (QED) is 0.877. The third-order valence-electron chi connectivity index (χ3n) is 2.49. The Kier molecular flexibility index (Phi) is 3.35. The Balaban J connectivity index is 2.38. The van der Waals surface area contributed by atoms with Crippen molar-refractivity contribution in [3.63, 3.8) is 0 Å². The average molecular weight is 229 g/mol. The van der Waals surface area contributed by atoms with Crippen LogP contribution in [-0.2, 0) is 6.54 Å². The van der Waals surface area contributed by atoms with Gasteiger partial charge in [-0.25, -0.2) is 4.98 Å². The van der Waals surface area contributed by atoms with Crippen LogP contribution in [0.2, 0.25) is 0 Å². The molecule has 0 aliphatic carbocycles. The minimum Gasteiger partial charge on any atom is -0.437 e. The van der Waals surface area contributed by atoms with Crippen LogP contribution in [0.15, 0.2) is 30.6 Å². The van der Waals surface area contributed by atoms with E-state index in [-0.39, 0.29) is 0 Å². The van der Waals surface area contributed by atoms with Crippen LogP contribution in [0.4, 0.5) is 0 Å². The van der Waals surface area contributed by atoms with Crippen LogP contribution in [0.1, 0.15) is 16.8 Å². The van der Waals surface area contributed by atoms with E-state index in [2.05, 4.69) is 9.97 Å². The fourth-order valence-corrected chi connectivity index (χ4v) is 1.68. The summed E-state index contributed by atoms with van der Waals surface area (Å²) in [5.41, 5.74) is 8.66. The number of hydrogen-bond donors (Lipinski definition) is 1. The Morgan fingerprint density at radius 1 is 1.35 bits per heavy atom. The lowest BCUT2D eigenvalue weighted by Gasteiger charge is -2.11. The maximum atomic E-state index is 5.72. The third kappa shape index (κ3) is 2.60. The second-order valence-corrected chi connectivity index (χ2v) is 3.86. The fraction of sp³-hybridized carbons (Fsp3) is 0.231. The van der Waals surface area contributed by atoms with Crippen molar-refractivity contribution in [2.45, 2.75) is 20.4 Å². The molecule has 4 heteroatoms. The Morgan fingerprint density at radius 3 is 2.82 bits per heavy atom. The van der Waals surface area contributed by atoms with Crippen molar-refractivity contribution in [3.8, 4) is 11.6 Å². The molecule has 0 fully saturated rings. The van der Waals surface area contributed by atoms with Gasteiger partial charge in [0.2, 0.25) is 5.88 Å². The highest BCUT2D eigenvalue weighted by atomic mass is 16.5. The second-order valence-electron chi connectivity index (χ2n) is 3.86. The third-order valence-corrected chi connectivity index (χ3v) is 2.49. The zero-order chi connectivity index (χ0) is 12.3. The number of aryl methyl sites for hydroxylation is 2. The van der Waals surface area contributed by atoms with E-state index >= 15 is 0 Å². The highest BCUT2D eigenvalue weighted by Crippen LogP contribution is 2.25. The first-order valence-electron chi connectivity index (χ1n) is 5.46. The lowest BCUT2D eigenvalue weighted by atomic mass is 10.1. The fourth-order valence-electron chi connectivity index (χ4n) is 1.68. The van der Waals surface area contributed by atoms with Gasteiger partial charge in [-0.05, 0) is 37.6 Å². The van der Waals surface area contributed by atoms with Gasteiger partial charge in [0.05, 0.1) is 6.20 Å². The van der Waals surface area contributed by atoms with Crippen molar-refractivity contribution in [1.82, 2.24) is 9.97 Å². The van der Waals surface area contributed by atoms with Gasteiger partial charge >= 0.3 is 0 Å². The van der Waals surface area contributed by atoms with Crippen molar-refractivity contribution in [2.24, 2.45) is 5.73 Å². The van der Waals surface area contributed by atoms with Gasteiger partial charge in [0.25, 0.3) is 0 Å². The molecule has 0 aliphatic rings. The highest BCUT2D eigenvalue weighted by Gasteiger charge is 2.09. The van der Waals surface area contributed by atoms with E-state index in [1.165, 1.54) is 0 Å². The molecule has 88 valence electrons. The standard InChI is InChI=1S/C13H15N3O/c1-9-6-10(2)16-13(12(9)7-14)17-11-4-3-5-15-8-11/h3-6,8H,7,14H2,1-2H3. The zero-order valence-corrected chi connectivity index (χ0v) is 9.97. The first-order chi connectivity index (χ1) is 8.20. The van der Waals surface area contributed by atoms with Gasteiger partial charge in [-0.3, -0.25) is 4.98 Å². The minimum atomic E-state index is 0.411. The summed E-state index contributed by atoms with van der Waals surface area (Å²) in [5.74, 6) is 1.23. The molecule has 0 saturated heterocycles. The smallest absolute Gasteiger partial charge is 0.224 e. The molecule has 0 spiro atoms. The number of ether oxygens (including phenoxy) is 1. The van der Waals surface area contributed by atoms with Crippen LogP contribution in [0.3, 0.4) is 0 Å². The summed E-state index contributed by atoms with van der Waals surface area (Å²) in [6, 6.07) is 5.66. The summed E-state index contributed by atoms with van der Waals surface area (Å²) in [4.78, 5) is 8.37. The van der Waals surface area contributed by atoms with E-state index in [0.717, 1.165) is 16.8 Å². The number of rotatable bonds is 3. The van der Waals surface area contributed by atoms with Gasteiger partial charge < -0.3 is 10.5 Å². The van der Waals surface area contributed by atoms with Crippen LogP contribution in [-0.4, -0.2) is 9.97 Å². The Morgan fingerprint density at radius 2 is 2.18 bits per heavy atom. The zero-order valence-electron chi connectivity index (χ0n) is 9.97. The summed E-state index contributed by atoms with van der Waals surface area (Å²) in [7, 11) is 0. The molecule has 2 aromatic rings. The summed E-state index contributed by atoms with van der Waals surface area (Å²) >= 11 is 0. The topological polar surface area (TPSA) is 61.0 Å². The summed E-state index contributed by atoms with van der Waals surface area (Å²) in [5, 5.41) is 0. The predicted octanol–water partition coefficient (Wildman–Crippen LogP) is 2.34. The summed E-state index contributed by atoms with van der Waals surface area (Å²) in [6.07, 6.45) is 3.35. The normalized spacial score (nSPS) is 10.3. The molecule has 2 N–H and O–H groups in total. The predicted molar refractivity (Wildman–Crippen MR) is 65.9 cm³/mol. The Hall–Kier alpha value is -1.94. The van der Waals surface area contributed by atoms with E-state index < -0.39 is 0 Å². The molecular formula is C13H15N3O. The minimum absolute atomic E-state index is 0.411. The molecule has 0 unspecified atom stereocenters.